The summed E-state index contributed by atoms with van der Waals surface area (Å²) in [7, 11) is 0. The Kier molecular flexibility index (Phi) is 8.33. The lowest BCUT2D eigenvalue weighted by atomic mass is 10.2. The molecule has 0 aliphatic rings. The Morgan fingerprint density at radius 3 is 2.60 bits per heavy atom. The Bertz CT molecular complexity index is 1350. The first-order valence-corrected chi connectivity index (χ1v) is 13.3. The summed E-state index contributed by atoms with van der Waals surface area (Å²) in [6, 6.07) is 16.9. The number of hydrogen-bond donors (Lipinski definition) is 0. The molecule has 0 unspecified atom stereocenters. The molecular formula is C26H28N4O3S2. The molecule has 0 aliphatic heterocycles. The topological polar surface area (TPSA) is 77.3 Å². The van der Waals surface area contributed by atoms with Crippen LogP contribution in [-0.2, 0) is 21.8 Å². The normalized spacial score (nSPS) is 11.3. The minimum atomic E-state index is -0.0987. The van der Waals surface area contributed by atoms with Crippen LogP contribution < -0.4 is 10.5 Å². The molecule has 0 fully saturated rings. The van der Waals surface area contributed by atoms with Crippen molar-refractivity contribution in [1.82, 2.24) is 14.5 Å². The molecule has 0 atom stereocenters. The van der Waals surface area contributed by atoms with Gasteiger partial charge in [-0.3, -0.25) is 19.1 Å². The average molecular weight is 509 g/mol. The summed E-state index contributed by atoms with van der Waals surface area (Å²) in [5, 5.41) is 3.83. The molecule has 0 spiro atoms. The molecule has 0 radical (unpaired) electrons. The van der Waals surface area contributed by atoms with Gasteiger partial charge in [0.25, 0.3) is 5.56 Å². The molecule has 4 aromatic rings. The summed E-state index contributed by atoms with van der Waals surface area (Å²) in [6.45, 7) is 6.64. The van der Waals surface area contributed by atoms with Gasteiger partial charge < -0.3 is 4.74 Å². The maximum atomic E-state index is 13.2. The quantitative estimate of drug-likeness (QED) is 0.157. The van der Waals surface area contributed by atoms with E-state index in [4.69, 9.17) is 14.7 Å². The second-order valence-electron chi connectivity index (χ2n) is 8.24. The van der Waals surface area contributed by atoms with Crippen LogP contribution in [0.25, 0.3) is 10.9 Å². The van der Waals surface area contributed by atoms with Crippen LogP contribution in [0.15, 0.2) is 69.9 Å². The number of para-hydroxylation sites is 2. The third-order valence-electron chi connectivity index (χ3n) is 5.21. The molecule has 2 heterocycles. The molecule has 0 saturated carbocycles. The molecule has 35 heavy (non-hydrogen) atoms. The molecule has 7 nitrogen and oxygen atoms in total. The number of benzene rings is 2. The van der Waals surface area contributed by atoms with E-state index in [1.807, 2.05) is 73.8 Å². The van der Waals surface area contributed by atoms with Crippen molar-refractivity contribution in [2.75, 3.05) is 11.5 Å². The monoisotopic (exact) mass is 508 g/mol. The molecule has 4 rings (SSSR count). The Morgan fingerprint density at radius 2 is 1.86 bits per heavy atom. The van der Waals surface area contributed by atoms with Gasteiger partial charge in [-0.25, -0.2) is 9.97 Å². The first-order chi connectivity index (χ1) is 16.9. The number of thioether (sulfide) groups is 1. The first kappa shape index (κ1) is 25.1. The van der Waals surface area contributed by atoms with Gasteiger partial charge in [0.15, 0.2) is 10.3 Å². The van der Waals surface area contributed by atoms with Gasteiger partial charge in [0.2, 0.25) is 5.91 Å². The number of ether oxygens (including phenoxy) is 1. The van der Waals surface area contributed by atoms with Crippen LogP contribution in [-0.4, -0.2) is 33.2 Å². The van der Waals surface area contributed by atoms with E-state index in [1.54, 1.807) is 9.47 Å². The van der Waals surface area contributed by atoms with Crippen LogP contribution in [0.5, 0.6) is 0 Å². The number of rotatable bonds is 10. The Hall–Kier alpha value is -3.01. The maximum Gasteiger partial charge on any atom is 0.262 e. The third-order valence-corrected chi connectivity index (χ3v) is 7.10. The van der Waals surface area contributed by atoms with Crippen LogP contribution in [0.4, 0.5) is 10.8 Å². The van der Waals surface area contributed by atoms with Gasteiger partial charge in [-0.15, -0.1) is 11.3 Å². The number of anilines is 2. The van der Waals surface area contributed by atoms with E-state index in [0.29, 0.717) is 40.1 Å². The zero-order valence-electron chi connectivity index (χ0n) is 20.0. The summed E-state index contributed by atoms with van der Waals surface area (Å²) in [6.07, 6.45) is 0.872. The van der Waals surface area contributed by atoms with Crippen molar-refractivity contribution in [1.29, 1.82) is 0 Å². The number of carbonyl (C=O) groups excluding carboxylic acids is 1. The molecule has 1 amide bonds. The van der Waals surface area contributed by atoms with Crippen molar-refractivity contribution in [3.63, 3.8) is 0 Å². The van der Waals surface area contributed by atoms with E-state index in [9.17, 15) is 9.59 Å². The molecule has 0 saturated heterocycles. The highest BCUT2D eigenvalue weighted by Gasteiger charge is 2.18. The summed E-state index contributed by atoms with van der Waals surface area (Å²) < 4.78 is 7.39. The maximum absolute atomic E-state index is 13.2. The van der Waals surface area contributed by atoms with Crippen molar-refractivity contribution >= 4 is 50.7 Å². The van der Waals surface area contributed by atoms with Crippen molar-refractivity contribution in [2.45, 2.75) is 50.8 Å². The molecular weight excluding hydrogens is 480 g/mol. The number of carbonyl (C=O) groups is 1. The SMILES string of the molecule is CC(=O)N(c1ccccc1)c1nc(CSc2nc3ccccc3c(=O)n2CCCOC(C)C)cs1. The molecule has 2 aromatic carbocycles. The third kappa shape index (κ3) is 6.17. The Balaban J connectivity index is 1.56. The molecule has 0 bridgehead atoms. The molecule has 2 aromatic heterocycles. The number of hydrogen-bond acceptors (Lipinski definition) is 7. The van der Waals surface area contributed by atoms with Crippen molar-refractivity contribution in [3.05, 3.63) is 76.0 Å². The number of thiazole rings is 1. The summed E-state index contributed by atoms with van der Waals surface area (Å²) >= 11 is 2.90. The zero-order valence-corrected chi connectivity index (χ0v) is 21.6. The smallest absolute Gasteiger partial charge is 0.262 e. The fourth-order valence-electron chi connectivity index (χ4n) is 3.60. The Morgan fingerprint density at radius 1 is 1.11 bits per heavy atom. The first-order valence-electron chi connectivity index (χ1n) is 11.5. The van der Waals surface area contributed by atoms with E-state index in [0.717, 1.165) is 17.8 Å². The fraction of sp³-hybridized carbons (Fsp3) is 0.308. The average Bonchev–Trinajstić information content (AvgIpc) is 3.30. The summed E-state index contributed by atoms with van der Waals surface area (Å²) in [5.41, 5.74) is 2.24. The van der Waals surface area contributed by atoms with Crippen LogP contribution in [0, 0.1) is 0 Å². The van der Waals surface area contributed by atoms with Gasteiger partial charge in [0.1, 0.15) is 0 Å². The predicted molar refractivity (Wildman–Crippen MR) is 143 cm³/mol. The number of amides is 1. The molecule has 0 N–H and O–H groups in total. The standard InChI is InChI=1S/C26H28N4O3S2/c1-18(2)33-15-9-14-29-24(32)22-12-7-8-13-23(22)28-25(29)34-16-20-17-35-26(27-20)30(19(3)31)21-10-5-4-6-11-21/h4-8,10-13,17-18H,9,14-16H2,1-3H3. The second-order valence-corrected chi connectivity index (χ2v) is 10.0. The van der Waals surface area contributed by atoms with Gasteiger partial charge in [-0.2, -0.15) is 0 Å². The van der Waals surface area contributed by atoms with Crippen LogP contribution in [0.3, 0.4) is 0 Å². The highest BCUT2D eigenvalue weighted by Crippen LogP contribution is 2.31. The lowest BCUT2D eigenvalue weighted by molar-refractivity contribution is -0.115. The summed E-state index contributed by atoms with van der Waals surface area (Å²) in [5.74, 6) is 0.433. The molecule has 0 aliphatic carbocycles. The van der Waals surface area contributed by atoms with E-state index in [1.165, 1.54) is 30.0 Å². The van der Waals surface area contributed by atoms with Crippen LogP contribution >= 0.6 is 23.1 Å². The van der Waals surface area contributed by atoms with E-state index < -0.39 is 0 Å². The number of nitrogens with zero attached hydrogens (tertiary/aromatic N) is 4. The lowest BCUT2D eigenvalue weighted by Crippen LogP contribution is -2.24. The second kappa shape index (κ2) is 11.6. The molecule has 182 valence electrons. The highest BCUT2D eigenvalue weighted by molar-refractivity contribution is 7.98. The minimum absolute atomic E-state index is 0.0477. The van der Waals surface area contributed by atoms with Gasteiger partial charge >= 0.3 is 0 Å². The van der Waals surface area contributed by atoms with Gasteiger partial charge in [-0.1, -0.05) is 42.1 Å². The van der Waals surface area contributed by atoms with Crippen molar-refractivity contribution in [2.24, 2.45) is 0 Å². The Labute approximate surface area is 212 Å². The zero-order chi connectivity index (χ0) is 24.8. The largest absolute Gasteiger partial charge is 0.379 e. The predicted octanol–water partition coefficient (Wildman–Crippen LogP) is 5.65. The summed E-state index contributed by atoms with van der Waals surface area (Å²) in [4.78, 5) is 36.6. The van der Waals surface area contributed by atoms with E-state index >= 15 is 0 Å². The minimum Gasteiger partial charge on any atom is -0.379 e. The van der Waals surface area contributed by atoms with Crippen molar-refractivity contribution in [3.8, 4) is 0 Å². The number of fused-ring (bicyclic) bond motifs is 1. The highest BCUT2D eigenvalue weighted by atomic mass is 32.2. The van der Waals surface area contributed by atoms with Gasteiger partial charge in [0.05, 0.1) is 28.4 Å². The molecule has 9 heteroatoms. The fourth-order valence-corrected chi connectivity index (χ4v) is 5.51. The van der Waals surface area contributed by atoms with Gasteiger partial charge in [-0.05, 0) is 44.5 Å². The van der Waals surface area contributed by atoms with Crippen molar-refractivity contribution < 1.29 is 9.53 Å². The van der Waals surface area contributed by atoms with E-state index in [-0.39, 0.29) is 17.6 Å². The van der Waals surface area contributed by atoms with E-state index in [2.05, 4.69) is 0 Å². The lowest BCUT2D eigenvalue weighted by Gasteiger charge is -2.17. The number of aromatic nitrogens is 3. The van der Waals surface area contributed by atoms with Gasteiger partial charge in [0, 0.05) is 31.2 Å². The van der Waals surface area contributed by atoms with Crippen LogP contribution in [0.2, 0.25) is 0 Å². The van der Waals surface area contributed by atoms with Crippen LogP contribution in [0.1, 0.15) is 32.9 Å².